The van der Waals surface area contributed by atoms with Crippen molar-refractivity contribution in [3.63, 3.8) is 0 Å². The summed E-state index contributed by atoms with van der Waals surface area (Å²) < 4.78 is 0. The molecule has 4 nitrogen and oxygen atoms in total. The van der Waals surface area contributed by atoms with E-state index >= 15 is 0 Å². The van der Waals surface area contributed by atoms with Crippen molar-refractivity contribution in [3.8, 4) is 0 Å². The maximum absolute atomic E-state index is 12.5. The maximum Gasteiger partial charge on any atom is 0.245 e. The lowest BCUT2D eigenvalue weighted by atomic mass is 10.1. The number of thiol groups is 1. The molecule has 2 amide bonds. The fourth-order valence-corrected chi connectivity index (χ4v) is 2.06. The van der Waals surface area contributed by atoms with Gasteiger partial charge in [-0.3, -0.25) is 9.59 Å². The summed E-state index contributed by atoms with van der Waals surface area (Å²) in [5, 5.41) is 2.68. The van der Waals surface area contributed by atoms with Gasteiger partial charge in [-0.15, -0.1) is 0 Å². The van der Waals surface area contributed by atoms with Crippen molar-refractivity contribution < 1.29 is 9.59 Å². The van der Waals surface area contributed by atoms with Crippen LogP contribution in [0.2, 0.25) is 0 Å². The second-order valence-corrected chi connectivity index (χ2v) is 6.49. The van der Waals surface area contributed by atoms with Crippen LogP contribution < -0.4 is 5.32 Å². The number of carbonyl (C=O) groups is 2. The molecule has 1 atom stereocenters. The zero-order chi connectivity index (χ0) is 15.7. The molecule has 0 aliphatic rings. The van der Waals surface area contributed by atoms with Crippen molar-refractivity contribution in [1.29, 1.82) is 0 Å². The molecule has 0 aromatic rings. The fraction of sp³-hybridized carbons (Fsp3) is 0.867. The Morgan fingerprint density at radius 3 is 1.80 bits per heavy atom. The minimum Gasteiger partial charge on any atom is -0.344 e. The molecular weight excluding hydrogens is 272 g/mol. The molecule has 0 bridgehead atoms. The molecule has 0 aliphatic heterocycles. The van der Waals surface area contributed by atoms with E-state index in [2.05, 4.69) is 45.6 Å². The van der Waals surface area contributed by atoms with Gasteiger partial charge in [-0.1, -0.05) is 27.7 Å². The lowest BCUT2D eigenvalue weighted by Gasteiger charge is -2.28. The monoisotopic (exact) mass is 302 g/mol. The molecule has 0 radical (unpaired) electrons. The summed E-state index contributed by atoms with van der Waals surface area (Å²) in [6.45, 7) is 11.5. The Kier molecular flexibility index (Phi) is 9.72. The lowest BCUT2D eigenvalue weighted by Crippen LogP contribution is -2.50. The number of rotatable bonds is 9. The molecule has 0 heterocycles. The summed E-state index contributed by atoms with van der Waals surface area (Å²) in [4.78, 5) is 25.5. The van der Waals surface area contributed by atoms with Crippen molar-refractivity contribution in [2.45, 2.75) is 53.5 Å². The topological polar surface area (TPSA) is 49.4 Å². The van der Waals surface area contributed by atoms with Crippen LogP contribution in [-0.2, 0) is 9.59 Å². The highest BCUT2D eigenvalue weighted by Gasteiger charge is 2.23. The molecule has 0 aromatic heterocycles. The van der Waals surface area contributed by atoms with Crippen LogP contribution in [0.1, 0.15) is 47.5 Å². The molecule has 1 N–H and O–H groups in total. The Bertz CT molecular complexity index is 294. The molecule has 5 heteroatoms. The van der Waals surface area contributed by atoms with Crippen LogP contribution in [0.5, 0.6) is 0 Å². The average Bonchev–Trinajstić information content (AvgIpc) is 2.34. The van der Waals surface area contributed by atoms with Gasteiger partial charge in [0.1, 0.15) is 6.04 Å². The predicted molar refractivity (Wildman–Crippen MR) is 86.9 cm³/mol. The fourth-order valence-electron chi connectivity index (χ4n) is 1.81. The number of hydrogen-bond donors (Lipinski definition) is 2. The lowest BCUT2D eigenvalue weighted by molar-refractivity contribution is -0.135. The van der Waals surface area contributed by atoms with E-state index in [0.29, 0.717) is 17.6 Å². The van der Waals surface area contributed by atoms with E-state index in [1.54, 1.807) is 0 Å². The highest BCUT2D eigenvalue weighted by atomic mass is 32.1. The number of nitrogens with zero attached hydrogens (tertiary/aromatic N) is 1. The summed E-state index contributed by atoms with van der Waals surface area (Å²) in [5.74, 6) is 1.24. The van der Waals surface area contributed by atoms with E-state index in [1.807, 2.05) is 4.90 Å². The maximum atomic E-state index is 12.5. The zero-order valence-corrected chi connectivity index (χ0v) is 14.4. The normalized spacial score (nSPS) is 12.6. The van der Waals surface area contributed by atoms with Gasteiger partial charge in [0.15, 0.2) is 0 Å². The Morgan fingerprint density at radius 2 is 1.50 bits per heavy atom. The van der Waals surface area contributed by atoms with Gasteiger partial charge < -0.3 is 10.2 Å². The van der Waals surface area contributed by atoms with E-state index in [0.717, 1.165) is 25.9 Å². The first-order valence-corrected chi connectivity index (χ1v) is 8.07. The van der Waals surface area contributed by atoms with Crippen molar-refractivity contribution in [2.24, 2.45) is 11.8 Å². The SMILES string of the molecule is CC(=O)NC(CS)C(=O)N(CCC(C)C)CCC(C)C. The van der Waals surface area contributed by atoms with Gasteiger partial charge in [-0.25, -0.2) is 0 Å². The minimum absolute atomic E-state index is 0.0171. The first kappa shape index (κ1) is 19.3. The van der Waals surface area contributed by atoms with E-state index in [-0.39, 0.29) is 11.8 Å². The number of hydrogen-bond acceptors (Lipinski definition) is 3. The van der Waals surface area contributed by atoms with Crippen LogP contribution in [0, 0.1) is 11.8 Å². The predicted octanol–water partition coefficient (Wildman–Crippen LogP) is 2.34. The van der Waals surface area contributed by atoms with Gasteiger partial charge in [0, 0.05) is 25.8 Å². The van der Waals surface area contributed by atoms with Crippen LogP contribution in [-0.4, -0.2) is 41.6 Å². The molecule has 0 saturated heterocycles. The average molecular weight is 302 g/mol. The first-order chi connectivity index (χ1) is 9.27. The molecule has 118 valence electrons. The number of nitrogens with one attached hydrogen (secondary N) is 1. The van der Waals surface area contributed by atoms with Crippen molar-refractivity contribution in [3.05, 3.63) is 0 Å². The van der Waals surface area contributed by atoms with Crippen molar-refractivity contribution in [2.75, 3.05) is 18.8 Å². The van der Waals surface area contributed by atoms with Gasteiger partial charge in [0.05, 0.1) is 0 Å². The quantitative estimate of drug-likeness (QED) is 0.642. The van der Waals surface area contributed by atoms with E-state index < -0.39 is 6.04 Å². The molecule has 0 spiro atoms. The highest BCUT2D eigenvalue weighted by molar-refractivity contribution is 7.80. The Hall–Kier alpha value is -0.710. The van der Waals surface area contributed by atoms with Gasteiger partial charge in [-0.05, 0) is 24.7 Å². The number of amides is 2. The largest absolute Gasteiger partial charge is 0.344 e. The molecule has 0 rings (SSSR count). The molecule has 0 aromatic carbocycles. The van der Waals surface area contributed by atoms with Gasteiger partial charge in [-0.2, -0.15) is 12.6 Å². The third-order valence-electron chi connectivity index (χ3n) is 3.12. The standard InChI is InChI=1S/C15H30N2O2S/c1-11(2)6-8-17(9-7-12(3)4)15(19)14(10-20)16-13(5)18/h11-12,14,20H,6-10H2,1-5H3,(H,16,18). The van der Waals surface area contributed by atoms with Crippen LogP contribution in [0.3, 0.4) is 0 Å². The van der Waals surface area contributed by atoms with Crippen molar-refractivity contribution >= 4 is 24.4 Å². The Morgan fingerprint density at radius 1 is 1.05 bits per heavy atom. The third kappa shape index (κ3) is 8.46. The highest BCUT2D eigenvalue weighted by Crippen LogP contribution is 2.09. The molecule has 1 unspecified atom stereocenters. The van der Waals surface area contributed by atoms with Gasteiger partial charge >= 0.3 is 0 Å². The van der Waals surface area contributed by atoms with Crippen LogP contribution in [0.4, 0.5) is 0 Å². The van der Waals surface area contributed by atoms with Gasteiger partial charge in [0.25, 0.3) is 0 Å². The molecule has 0 aliphatic carbocycles. The van der Waals surface area contributed by atoms with Crippen molar-refractivity contribution in [1.82, 2.24) is 10.2 Å². The summed E-state index contributed by atoms with van der Waals surface area (Å²) in [5.41, 5.74) is 0. The number of carbonyl (C=O) groups excluding carboxylic acids is 2. The summed E-state index contributed by atoms with van der Waals surface area (Å²) >= 11 is 4.18. The van der Waals surface area contributed by atoms with Crippen LogP contribution >= 0.6 is 12.6 Å². The first-order valence-electron chi connectivity index (χ1n) is 7.44. The summed E-state index contributed by atoms with van der Waals surface area (Å²) in [6.07, 6.45) is 1.95. The molecule has 0 fully saturated rings. The van der Waals surface area contributed by atoms with E-state index in [1.165, 1.54) is 6.92 Å². The molecule has 20 heavy (non-hydrogen) atoms. The van der Waals surface area contributed by atoms with E-state index in [4.69, 9.17) is 0 Å². The van der Waals surface area contributed by atoms with E-state index in [9.17, 15) is 9.59 Å². The Labute approximate surface area is 129 Å². The summed E-state index contributed by atoms with van der Waals surface area (Å²) in [7, 11) is 0. The second kappa shape index (κ2) is 10.1. The van der Waals surface area contributed by atoms with Gasteiger partial charge in [0.2, 0.25) is 11.8 Å². The molecule has 0 saturated carbocycles. The smallest absolute Gasteiger partial charge is 0.245 e. The van der Waals surface area contributed by atoms with Crippen LogP contribution in [0.25, 0.3) is 0 Å². The Balaban J connectivity index is 4.69. The third-order valence-corrected chi connectivity index (χ3v) is 3.49. The van der Waals surface area contributed by atoms with Crippen LogP contribution in [0.15, 0.2) is 0 Å². The zero-order valence-electron chi connectivity index (χ0n) is 13.5. The summed E-state index contributed by atoms with van der Waals surface area (Å²) in [6, 6.07) is -0.518. The molecular formula is C15H30N2O2S. The minimum atomic E-state index is -0.518. The second-order valence-electron chi connectivity index (χ2n) is 6.13.